The third kappa shape index (κ3) is 3.45. The van der Waals surface area contributed by atoms with Crippen molar-refractivity contribution in [2.24, 2.45) is 5.92 Å². The van der Waals surface area contributed by atoms with Crippen molar-refractivity contribution >= 4 is 11.9 Å². The van der Waals surface area contributed by atoms with Gasteiger partial charge in [0, 0.05) is 56.3 Å². The van der Waals surface area contributed by atoms with Crippen LogP contribution < -0.4 is 10.3 Å². The van der Waals surface area contributed by atoms with Crippen LogP contribution in [-0.4, -0.2) is 38.4 Å². The molecule has 0 saturated carbocycles. The van der Waals surface area contributed by atoms with Crippen molar-refractivity contribution in [2.75, 3.05) is 13.1 Å². The molecule has 0 aliphatic carbocycles. The van der Waals surface area contributed by atoms with Crippen LogP contribution in [0, 0.1) is 5.92 Å². The van der Waals surface area contributed by atoms with Gasteiger partial charge < -0.3 is 14.4 Å². The summed E-state index contributed by atoms with van der Waals surface area (Å²) in [4.78, 5) is 31.5. The monoisotopic (exact) mass is 441 g/mol. The lowest BCUT2D eigenvalue weighted by Gasteiger charge is -2.42. The molecular formula is C26H23N3O4. The number of rotatable bonds is 3. The molecule has 7 nitrogen and oxygen atoms in total. The molecule has 0 radical (unpaired) electrons. The third-order valence-electron chi connectivity index (χ3n) is 6.86. The Balaban J connectivity index is 1.29. The lowest BCUT2D eigenvalue weighted by molar-refractivity contribution is 0.101. The molecule has 1 aromatic carbocycles. The number of benzene rings is 1. The predicted octanol–water partition coefficient (Wildman–Crippen LogP) is 3.18. The highest BCUT2D eigenvalue weighted by Gasteiger charge is 2.36. The molecule has 166 valence electrons. The summed E-state index contributed by atoms with van der Waals surface area (Å²) in [6.45, 7) is 2.81. The lowest BCUT2D eigenvalue weighted by Crippen LogP contribution is -2.46. The Hall–Kier alpha value is -3.71. The minimum Gasteiger partial charge on any atom is -0.507 e. The summed E-state index contributed by atoms with van der Waals surface area (Å²) >= 11 is 0. The van der Waals surface area contributed by atoms with Crippen LogP contribution in [0.5, 0.6) is 11.5 Å². The number of ether oxygens (including phenoxy) is 1. The second kappa shape index (κ2) is 7.71. The lowest BCUT2D eigenvalue weighted by atomic mass is 9.83. The topological polar surface area (TPSA) is 84.7 Å². The number of aromatic hydroxyl groups is 1. The normalized spacial score (nSPS) is 22.7. The number of hydrogen-bond acceptors (Lipinski definition) is 6. The number of hydrogen-bond donors (Lipinski definition) is 1. The Morgan fingerprint density at radius 1 is 1.06 bits per heavy atom. The fraction of sp³-hybridized carbons (Fsp3) is 0.269. The van der Waals surface area contributed by atoms with Crippen LogP contribution >= 0.6 is 0 Å². The number of Topliss-reactive ketones (excluding diaryl/α,β-unsaturated/α-hetero) is 1. The Kier molecular flexibility index (Phi) is 4.66. The number of aromatic nitrogens is 2. The van der Waals surface area contributed by atoms with E-state index in [-0.39, 0.29) is 28.8 Å². The van der Waals surface area contributed by atoms with Gasteiger partial charge in [-0.3, -0.25) is 19.5 Å². The van der Waals surface area contributed by atoms with E-state index in [0.29, 0.717) is 35.9 Å². The van der Waals surface area contributed by atoms with E-state index in [1.165, 1.54) is 0 Å². The minimum absolute atomic E-state index is 0.0644. The second-order valence-electron chi connectivity index (χ2n) is 9.05. The molecule has 0 spiro atoms. The Morgan fingerprint density at radius 3 is 2.76 bits per heavy atom. The van der Waals surface area contributed by atoms with E-state index < -0.39 is 0 Å². The summed E-state index contributed by atoms with van der Waals surface area (Å²) in [7, 11) is 0. The summed E-state index contributed by atoms with van der Waals surface area (Å²) in [6.07, 6.45) is 6.09. The number of nitrogens with zero attached hydrogens (tertiary/aromatic N) is 3. The number of likely N-dealkylation sites (tertiary alicyclic amines) is 1. The highest BCUT2D eigenvalue weighted by molar-refractivity contribution is 6.15. The molecule has 1 N–H and O–H groups in total. The molecule has 0 amide bonds. The maximum Gasteiger partial charge on any atom is 0.250 e. The highest BCUT2D eigenvalue weighted by Crippen LogP contribution is 2.42. The van der Waals surface area contributed by atoms with Gasteiger partial charge in [0.1, 0.15) is 11.5 Å². The zero-order valence-electron chi connectivity index (χ0n) is 18.0. The smallest absolute Gasteiger partial charge is 0.250 e. The average molecular weight is 441 g/mol. The Morgan fingerprint density at radius 2 is 1.91 bits per heavy atom. The first kappa shape index (κ1) is 19.9. The van der Waals surface area contributed by atoms with Crippen molar-refractivity contribution in [3.8, 4) is 11.5 Å². The van der Waals surface area contributed by atoms with Crippen molar-refractivity contribution in [2.45, 2.75) is 25.4 Å². The first-order chi connectivity index (χ1) is 16.1. The van der Waals surface area contributed by atoms with E-state index in [2.05, 4.69) is 9.88 Å². The van der Waals surface area contributed by atoms with E-state index in [1.807, 2.05) is 16.7 Å². The van der Waals surface area contributed by atoms with Crippen molar-refractivity contribution in [3.63, 3.8) is 0 Å². The fourth-order valence-corrected chi connectivity index (χ4v) is 5.41. The molecule has 2 aromatic heterocycles. The van der Waals surface area contributed by atoms with Crippen molar-refractivity contribution in [3.05, 3.63) is 93.4 Å². The predicted molar refractivity (Wildman–Crippen MR) is 122 cm³/mol. The number of ketones is 1. The maximum atomic E-state index is 12.9. The van der Waals surface area contributed by atoms with Gasteiger partial charge in [0.05, 0.1) is 11.1 Å². The number of phenolic OH excluding ortho intramolecular Hbond substituents is 1. The molecule has 3 aliphatic heterocycles. The number of carbonyl (C=O) groups is 1. The molecule has 6 rings (SSSR count). The van der Waals surface area contributed by atoms with Gasteiger partial charge in [-0.05, 0) is 54.3 Å². The number of allylic oxidation sites excluding steroid dienone is 1. The van der Waals surface area contributed by atoms with Crippen LogP contribution in [-0.2, 0) is 13.1 Å². The van der Waals surface area contributed by atoms with Gasteiger partial charge in [0.25, 0.3) is 5.56 Å². The molecule has 1 fully saturated rings. The summed E-state index contributed by atoms with van der Waals surface area (Å²) < 4.78 is 7.91. The van der Waals surface area contributed by atoms with Crippen LogP contribution in [0.25, 0.3) is 6.08 Å². The van der Waals surface area contributed by atoms with Gasteiger partial charge in [-0.25, -0.2) is 0 Å². The minimum atomic E-state index is -0.188. The van der Waals surface area contributed by atoms with Crippen LogP contribution in [0.3, 0.4) is 0 Å². The van der Waals surface area contributed by atoms with Gasteiger partial charge >= 0.3 is 0 Å². The SMILES string of the molecule is O=C1/C(=C/c2ccncc2)Oc2c1ccc(O)c2CN1C[C@H]2C[C@@H](C1)c1cccc(=O)n1C2. The molecule has 3 aromatic rings. The molecule has 3 aliphatic rings. The summed E-state index contributed by atoms with van der Waals surface area (Å²) in [5.41, 5.74) is 3.07. The number of carbonyl (C=O) groups excluding carboxylic acids is 1. The molecule has 33 heavy (non-hydrogen) atoms. The number of phenols is 1. The van der Waals surface area contributed by atoms with Crippen molar-refractivity contribution in [1.82, 2.24) is 14.5 Å². The van der Waals surface area contributed by atoms with E-state index in [4.69, 9.17) is 4.74 Å². The van der Waals surface area contributed by atoms with Gasteiger partial charge in [0.2, 0.25) is 5.78 Å². The Labute approximate surface area is 190 Å². The summed E-state index contributed by atoms with van der Waals surface area (Å²) in [5.74, 6) is 1.26. The molecular weight excluding hydrogens is 418 g/mol. The van der Waals surface area contributed by atoms with Crippen LogP contribution in [0.2, 0.25) is 0 Å². The van der Waals surface area contributed by atoms with Crippen LogP contribution in [0.4, 0.5) is 0 Å². The van der Waals surface area contributed by atoms with E-state index in [0.717, 1.165) is 30.8 Å². The molecule has 0 unspecified atom stereocenters. The fourth-order valence-electron chi connectivity index (χ4n) is 5.41. The molecule has 1 saturated heterocycles. The molecule has 2 bridgehead atoms. The van der Waals surface area contributed by atoms with Crippen molar-refractivity contribution in [1.29, 1.82) is 0 Å². The highest BCUT2D eigenvalue weighted by atomic mass is 16.5. The average Bonchev–Trinajstić information content (AvgIpc) is 3.12. The first-order valence-corrected chi connectivity index (χ1v) is 11.2. The summed E-state index contributed by atoms with van der Waals surface area (Å²) in [6, 6.07) is 12.3. The van der Waals surface area contributed by atoms with E-state index in [9.17, 15) is 14.7 Å². The third-order valence-corrected chi connectivity index (χ3v) is 6.86. The quantitative estimate of drug-likeness (QED) is 0.629. The van der Waals surface area contributed by atoms with Gasteiger partial charge in [-0.1, -0.05) is 6.07 Å². The standard InChI is InChI=1S/C26H23N3O4/c30-22-5-4-19-25(32)23(11-16-6-8-27-9-7-16)33-26(19)20(22)15-28-12-17-10-18(14-28)21-2-1-3-24(31)29(21)13-17/h1-9,11,17-18,30H,10,12-15H2/b23-11-/t17-,18+/m1/s1. The Bertz CT molecular complexity index is 1350. The largest absolute Gasteiger partial charge is 0.507 e. The molecule has 5 heterocycles. The van der Waals surface area contributed by atoms with E-state index >= 15 is 0 Å². The van der Waals surface area contributed by atoms with E-state index in [1.54, 1.807) is 48.8 Å². The van der Waals surface area contributed by atoms with Crippen molar-refractivity contribution < 1.29 is 14.6 Å². The maximum absolute atomic E-state index is 12.9. The second-order valence-corrected chi connectivity index (χ2v) is 9.05. The first-order valence-electron chi connectivity index (χ1n) is 11.2. The zero-order valence-corrected chi connectivity index (χ0v) is 18.0. The van der Waals surface area contributed by atoms with Gasteiger partial charge in [-0.2, -0.15) is 0 Å². The number of pyridine rings is 2. The number of fused-ring (bicyclic) bond motifs is 5. The summed E-state index contributed by atoms with van der Waals surface area (Å²) in [5, 5.41) is 10.7. The molecule has 7 heteroatoms. The van der Waals surface area contributed by atoms with Gasteiger partial charge in [0.15, 0.2) is 5.76 Å². The van der Waals surface area contributed by atoms with Crippen LogP contribution in [0.1, 0.15) is 39.5 Å². The zero-order chi connectivity index (χ0) is 22.5. The van der Waals surface area contributed by atoms with Gasteiger partial charge in [-0.15, -0.1) is 0 Å². The molecule has 2 atom stereocenters. The van der Waals surface area contributed by atoms with Crippen LogP contribution in [0.15, 0.2) is 65.4 Å². The number of piperidine rings is 1.